The van der Waals surface area contributed by atoms with E-state index in [-0.39, 0.29) is 85.2 Å². The molecule has 2 rings (SSSR count). The molecule has 0 aliphatic rings. The topological polar surface area (TPSA) is 319 Å². The number of nitrogens with zero attached hydrogens (tertiary/aromatic N) is 2. The second-order valence-electron chi connectivity index (χ2n) is 12.4. The average molecular weight is 1270 g/mol. The first-order chi connectivity index (χ1) is 27.4. The summed E-state index contributed by atoms with van der Waals surface area (Å²) in [5, 5.41) is 89.2. The Labute approximate surface area is 387 Å². The van der Waals surface area contributed by atoms with Crippen LogP contribution in [-0.2, 0) is 9.59 Å². The van der Waals surface area contributed by atoms with Crippen molar-refractivity contribution in [2.75, 3.05) is 75.5 Å². The molecule has 0 bridgehead atoms. The van der Waals surface area contributed by atoms with Crippen molar-refractivity contribution < 1.29 is 69.6 Å². The Morgan fingerprint density at radius 2 is 0.862 bits per heavy atom. The number of aliphatic hydroxyl groups excluding tert-OH is 8. The third-order valence-corrected chi connectivity index (χ3v) is 12.6. The van der Waals surface area contributed by atoms with Gasteiger partial charge in [0.2, 0.25) is 12.8 Å². The number of nitrogens with one attached hydrogen (secondary N) is 4. The molecule has 6 amide bonds. The third-order valence-electron chi connectivity index (χ3n) is 8.35. The van der Waals surface area contributed by atoms with Gasteiger partial charge in [0.05, 0.1) is 105 Å². The summed E-state index contributed by atoms with van der Waals surface area (Å²) in [7, 11) is 0. The van der Waals surface area contributed by atoms with E-state index >= 15 is 0 Å². The van der Waals surface area contributed by atoms with Crippen molar-refractivity contribution in [2.45, 2.75) is 38.3 Å². The van der Waals surface area contributed by atoms with Gasteiger partial charge in [-0.1, -0.05) is 0 Å². The predicted molar refractivity (Wildman–Crippen MR) is 242 cm³/mol. The average Bonchev–Trinajstić information content (AvgIpc) is 3.18. The number of carbonyl (C=O) groups is 6. The molecule has 0 aromatic heterocycles. The smallest absolute Gasteiger partial charge is 0.253 e. The molecular formula is C34H44I4N6O14. The van der Waals surface area contributed by atoms with Gasteiger partial charge in [-0.15, -0.1) is 0 Å². The highest BCUT2D eigenvalue weighted by Gasteiger charge is 2.34. The second kappa shape index (κ2) is 25.0. The standard InChI is InChI=1S/C34H44I4N6O14/c1-15-21(31(55)41-7-17(51)11-47)25(35)23(33(57)39-3-5-45)27(37)29(15)43(13-49)9-19(53)20(54)10-44(14-50)30-16(2)22(32(56)42-8-18(52)12-48)26(36)24(28(30)38)34(58)40-4-6-46/h13-14,17-20,45-48,51-54H,3-12H2,1-2H3,(H,39,57)(H,40,58)(H,41,55)(H,42,56). The Kier molecular flexibility index (Phi) is 22.4. The molecule has 0 spiro atoms. The molecule has 322 valence electrons. The van der Waals surface area contributed by atoms with E-state index in [9.17, 15) is 69.6 Å². The monoisotopic (exact) mass is 1270 g/mol. The summed E-state index contributed by atoms with van der Waals surface area (Å²) in [4.78, 5) is 80.8. The van der Waals surface area contributed by atoms with Crippen molar-refractivity contribution in [3.05, 3.63) is 47.7 Å². The van der Waals surface area contributed by atoms with E-state index in [1.165, 1.54) is 13.8 Å². The maximum Gasteiger partial charge on any atom is 0.253 e. The van der Waals surface area contributed by atoms with Crippen molar-refractivity contribution >= 4 is 138 Å². The summed E-state index contributed by atoms with van der Waals surface area (Å²) < 4.78 is 0.594. The highest BCUT2D eigenvalue weighted by molar-refractivity contribution is 14.1. The minimum Gasteiger partial charge on any atom is -0.395 e. The zero-order chi connectivity index (χ0) is 44.0. The number of amides is 6. The molecule has 0 radical (unpaired) electrons. The molecule has 4 atom stereocenters. The van der Waals surface area contributed by atoms with Crippen LogP contribution < -0.4 is 31.1 Å². The van der Waals surface area contributed by atoms with Gasteiger partial charge in [-0.3, -0.25) is 28.8 Å². The van der Waals surface area contributed by atoms with Crippen LogP contribution in [0.25, 0.3) is 0 Å². The lowest BCUT2D eigenvalue weighted by atomic mass is 9.99. The molecule has 0 aliphatic heterocycles. The van der Waals surface area contributed by atoms with Gasteiger partial charge in [0.1, 0.15) is 0 Å². The van der Waals surface area contributed by atoms with Crippen LogP contribution in [0.1, 0.15) is 52.6 Å². The number of hydrogen-bond acceptors (Lipinski definition) is 14. The number of hydrogen-bond donors (Lipinski definition) is 12. The van der Waals surface area contributed by atoms with E-state index in [4.69, 9.17) is 0 Å². The SMILES string of the molecule is Cc1c(C(=O)NCC(O)CO)c(I)c(C(=O)NCCO)c(I)c1N(C=O)CC(O)C(O)CN(C=O)c1c(C)c(C(=O)NCC(O)CO)c(I)c(C(=O)NCCO)c1I. The quantitative estimate of drug-likeness (QED) is 0.0411. The molecule has 2 aromatic carbocycles. The number of carbonyl (C=O) groups excluding carboxylic acids is 6. The summed E-state index contributed by atoms with van der Waals surface area (Å²) in [5.74, 6) is -2.99. The van der Waals surface area contributed by atoms with Gasteiger partial charge >= 0.3 is 0 Å². The molecule has 4 unspecified atom stereocenters. The Hall–Kier alpha value is -2.14. The van der Waals surface area contributed by atoms with Crippen molar-refractivity contribution in [3.63, 3.8) is 0 Å². The fraction of sp³-hybridized carbons (Fsp3) is 0.471. The normalized spacial score (nSPS) is 13.1. The van der Waals surface area contributed by atoms with Crippen molar-refractivity contribution in [2.24, 2.45) is 0 Å². The molecule has 24 heteroatoms. The molecule has 20 nitrogen and oxygen atoms in total. The molecular weight excluding hydrogens is 1220 g/mol. The van der Waals surface area contributed by atoms with Gasteiger partial charge in [-0.25, -0.2) is 0 Å². The summed E-state index contributed by atoms with van der Waals surface area (Å²) in [6, 6.07) is 0. The molecule has 0 saturated heterocycles. The summed E-state index contributed by atoms with van der Waals surface area (Å²) in [5.41, 5.74) is -0.0217. The maximum atomic E-state index is 13.4. The fourth-order valence-corrected chi connectivity index (χ4v) is 11.3. The largest absolute Gasteiger partial charge is 0.395 e. The summed E-state index contributed by atoms with van der Waals surface area (Å²) in [6.07, 6.45) is -5.66. The van der Waals surface area contributed by atoms with Gasteiger partial charge < -0.3 is 71.9 Å². The van der Waals surface area contributed by atoms with E-state index < -0.39 is 87.6 Å². The zero-order valence-electron chi connectivity index (χ0n) is 31.0. The lowest BCUT2D eigenvalue weighted by Gasteiger charge is -2.31. The van der Waals surface area contributed by atoms with E-state index in [2.05, 4.69) is 21.3 Å². The van der Waals surface area contributed by atoms with Crippen LogP contribution in [0.5, 0.6) is 0 Å². The van der Waals surface area contributed by atoms with Crippen molar-refractivity contribution in [1.29, 1.82) is 0 Å². The third kappa shape index (κ3) is 12.9. The van der Waals surface area contributed by atoms with Crippen molar-refractivity contribution in [1.82, 2.24) is 21.3 Å². The van der Waals surface area contributed by atoms with Crippen LogP contribution in [0.3, 0.4) is 0 Å². The molecule has 2 aromatic rings. The first kappa shape index (κ1) is 52.0. The van der Waals surface area contributed by atoms with E-state index in [1.807, 2.05) is 0 Å². The number of benzene rings is 2. The molecule has 0 saturated carbocycles. The Morgan fingerprint density at radius 1 is 0.552 bits per heavy atom. The fourth-order valence-electron chi connectivity index (χ4n) is 5.46. The van der Waals surface area contributed by atoms with Crippen LogP contribution in [0.2, 0.25) is 0 Å². The molecule has 0 aliphatic carbocycles. The second-order valence-corrected chi connectivity index (χ2v) is 16.7. The van der Waals surface area contributed by atoms with Gasteiger partial charge in [0, 0.05) is 33.3 Å². The van der Waals surface area contributed by atoms with Crippen LogP contribution in [0.15, 0.2) is 0 Å². The molecule has 0 fully saturated rings. The number of halogens is 4. The Bertz CT molecular complexity index is 1710. The Morgan fingerprint density at radius 3 is 1.14 bits per heavy atom. The van der Waals surface area contributed by atoms with Crippen LogP contribution in [-0.4, -0.2) is 167 Å². The van der Waals surface area contributed by atoms with Crippen LogP contribution >= 0.6 is 90.4 Å². The number of aliphatic hydroxyl groups is 8. The van der Waals surface area contributed by atoms with Crippen LogP contribution in [0, 0.1) is 28.1 Å². The lowest BCUT2D eigenvalue weighted by Crippen LogP contribution is -2.46. The van der Waals surface area contributed by atoms with Crippen LogP contribution in [0.4, 0.5) is 11.4 Å². The lowest BCUT2D eigenvalue weighted by molar-refractivity contribution is -0.109. The first-order valence-corrected chi connectivity index (χ1v) is 21.4. The Balaban J connectivity index is 2.67. The van der Waals surface area contributed by atoms with E-state index in [1.54, 1.807) is 90.4 Å². The number of rotatable bonds is 23. The zero-order valence-corrected chi connectivity index (χ0v) is 39.6. The van der Waals surface area contributed by atoms with Gasteiger partial charge in [0.25, 0.3) is 23.6 Å². The minimum atomic E-state index is -1.82. The van der Waals surface area contributed by atoms with E-state index in [0.717, 1.165) is 9.80 Å². The predicted octanol–water partition coefficient (Wildman–Crippen LogP) is -2.32. The number of anilines is 2. The molecule has 58 heavy (non-hydrogen) atoms. The van der Waals surface area contributed by atoms with Crippen molar-refractivity contribution in [3.8, 4) is 0 Å². The van der Waals surface area contributed by atoms with Gasteiger partial charge in [0.15, 0.2) is 0 Å². The molecule has 0 heterocycles. The van der Waals surface area contributed by atoms with E-state index in [0.29, 0.717) is 12.8 Å². The maximum absolute atomic E-state index is 13.4. The minimum absolute atomic E-state index is 0.0138. The first-order valence-electron chi connectivity index (χ1n) is 17.1. The summed E-state index contributed by atoms with van der Waals surface area (Å²) >= 11 is 7.10. The highest BCUT2D eigenvalue weighted by Crippen LogP contribution is 2.38. The highest BCUT2D eigenvalue weighted by atomic mass is 127. The molecule has 12 N–H and O–H groups in total. The summed E-state index contributed by atoms with van der Waals surface area (Å²) in [6.45, 7) is -1.53. The van der Waals surface area contributed by atoms with Gasteiger partial charge in [-0.05, 0) is 115 Å². The van der Waals surface area contributed by atoms with Gasteiger partial charge in [-0.2, -0.15) is 0 Å².